The van der Waals surface area contributed by atoms with Gasteiger partial charge in [-0.3, -0.25) is 4.79 Å². The van der Waals surface area contributed by atoms with Crippen molar-refractivity contribution in [1.29, 1.82) is 0 Å². The van der Waals surface area contributed by atoms with Crippen molar-refractivity contribution in [3.05, 3.63) is 17.7 Å². The zero-order valence-corrected chi connectivity index (χ0v) is 8.53. The number of hydrogen-bond donors (Lipinski definition) is 0. The lowest BCUT2D eigenvalue weighted by Crippen LogP contribution is -1.99. The average molecular weight is 195 g/mol. The first-order chi connectivity index (χ1) is 6.65. The fourth-order valence-corrected chi connectivity index (χ4v) is 1.13. The van der Waals surface area contributed by atoms with Gasteiger partial charge in [-0.2, -0.15) is 4.98 Å². The molecule has 0 bridgehead atoms. The summed E-state index contributed by atoms with van der Waals surface area (Å²) in [6.07, 6.45) is 0.370. The first-order valence-corrected chi connectivity index (χ1v) is 4.24. The van der Waals surface area contributed by atoms with Crippen LogP contribution in [0, 0.1) is 0 Å². The molecular formula is C10H13NO3. The van der Waals surface area contributed by atoms with Gasteiger partial charge in [-0.25, -0.2) is 0 Å². The van der Waals surface area contributed by atoms with Crippen molar-refractivity contribution >= 4 is 5.78 Å². The van der Waals surface area contributed by atoms with Crippen LogP contribution < -0.4 is 9.47 Å². The highest BCUT2D eigenvalue weighted by Crippen LogP contribution is 2.17. The minimum atomic E-state index is 0.0975. The summed E-state index contributed by atoms with van der Waals surface area (Å²) < 4.78 is 9.95. The monoisotopic (exact) mass is 195 g/mol. The van der Waals surface area contributed by atoms with Crippen molar-refractivity contribution in [2.45, 2.75) is 13.3 Å². The molecule has 1 aromatic heterocycles. The van der Waals surface area contributed by atoms with Crippen LogP contribution in [0.3, 0.4) is 0 Å². The van der Waals surface area contributed by atoms with Gasteiger partial charge in [0.25, 0.3) is 0 Å². The van der Waals surface area contributed by atoms with Gasteiger partial charge in [0.2, 0.25) is 11.8 Å². The fourth-order valence-electron chi connectivity index (χ4n) is 1.13. The van der Waals surface area contributed by atoms with Gasteiger partial charge in [0.15, 0.2) is 0 Å². The van der Waals surface area contributed by atoms with E-state index in [0.29, 0.717) is 18.2 Å². The van der Waals surface area contributed by atoms with Crippen molar-refractivity contribution in [3.63, 3.8) is 0 Å². The molecule has 0 aliphatic heterocycles. The molecule has 1 rings (SSSR count). The van der Waals surface area contributed by atoms with E-state index in [1.165, 1.54) is 14.2 Å². The van der Waals surface area contributed by atoms with Crippen LogP contribution in [0.25, 0.3) is 0 Å². The molecule has 14 heavy (non-hydrogen) atoms. The number of hydrogen-bond acceptors (Lipinski definition) is 4. The van der Waals surface area contributed by atoms with Gasteiger partial charge in [-0.15, -0.1) is 0 Å². The summed E-state index contributed by atoms with van der Waals surface area (Å²) in [4.78, 5) is 14.9. The van der Waals surface area contributed by atoms with Gasteiger partial charge in [-0.1, -0.05) is 0 Å². The number of ether oxygens (including phenoxy) is 2. The number of rotatable bonds is 4. The SMILES string of the molecule is COc1cc(CC(C)=O)cc(OC)n1. The second kappa shape index (κ2) is 4.60. The molecule has 1 heterocycles. The van der Waals surface area contributed by atoms with Crippen LogP contribution in [0.4, 0.5) is 0 Å². The second-order valence-electron chi connectivity index (χ2n) is 2.94. The topological polar surface area (TPSA) is 48.4 Å². The predicted octanol–water partition coefficient (Wildman–Crippen LogP) is 1.23. The van der Waals surface area contributed by atoms with Crippen molar-refractivity contribution < 1.29 is 14.3 Å². The first kappa shape index (κ1) is 10.5. The van der Waals surface area contributed by atoms with Crippen molar-refractivity contribution in [2.75, 3.05) is 14.2 Å². The normalized spacial score (nSPS) is 9.64. The van der Waals surface area contributed by atoms with Crippen LogP contribution in [0.5, 0.6) is 11.8 Å². The van der Waals surface area contributed by atoms with Crippen molar-refractivity contribution in [2.24, 2.45) is 0 Å². The Balaban J connectivity index is 2.98. The molecule has 76 valence electrons. The van der Waals surface area contributed by atoms with Gasteiger partial charge in [0, 0.05) is 18.6 Å². The summed E-state index contributed by atoms with van der Waals surface area (Å²) in [5.74, 6) is 1.02. The average Bonchev–Trinajstić information content (AvgIpc) is 2.16. The molecule has 0 fully saturated rings. The van der Waals surface area contributed by atoms with E-state index in [4.69, 9.17) is 9.47 Å². The Morgan fingerprint density at radius 1 is 1.29 bits per heavy atom. The van der Waals surface area contributed by atoms with E-state index < -0.39 is 0 Å². The Bertz CT molecular complexity index is 314. The van der Waals surface area contributed by atoms with Crippen LogP contribution in [0.15, 0.2) is 12.1 Å². The standard InChI is InChI=1S/C10H13NO3/c1-7(12)4-8-5-9(13-2)11-10(6-8)14-3/h5-6H,4H2,1-3H3. The molecular weight excluding hydrogens is 182 g/mol. The second-order valence-corrected chi connectivity index (χ2v) is 2.94. The zero-order chi connectivity index (χ0) is 10.6. The number of carbonyl (C=O) groups is 1. The Morgan fingerprint density at radius 3 is 2.14 bits per heavy atom. The number of ketones is 1. The molecule has 4 heteroatoms. The molecule has 0 aliphatic carbocycles. The van der Waals surface area contributed by atoms with Crippen molar-refractivity contribution in [1.82, 2.24) is 4.98 Å². The third-order valence-corrected chi connectivity index (χ3v) is 1.71. The lowest BCUT2D eigenvalue weighted by molar-refractivity contribution is -0.116. The maximum absolute atomic E-state index is 10.9. The highest BCUT2D eigenvalue weighted by atomic mass is 16.5. The first-order valence-electron chi connectivity index (χ1n) is 4.24. The molecule has 0 atom stereocenters. The molecule has 0 aliphatic rings. The summed E-state index contributed by atoms with van der Waals surface area (Å²) in [7, 11) is 3.05. The lowest BCUT2D eigenvalue weighted by atomic mass is 10.1. The molecule has 0 unspecified atom stereocenters. The third kappa shape index (κ3) is 2.73. The summed E-state index contributed by atoms with van der Waals surface area (Å²) in [6, 6.07) is 3.45. The highest BCUT2D eigenvalue weighted by Gasteiger charge is 2.04. The maximum atomic E-state index is 10.9. The van der Waals surface area contributed by atoms with E-state index in [1.54, 1.807) is 19.1 Å². The van der Waals surface area contributed by atoms with Gasteiger partial charge in [0.1, 0.15) is 5.78 Å². The Hall–Kier alpha value is -1.58. The van der Waals surface area contributed by atoms with E-state index in [0.717, 1.165) is 5.56 Å². The molecule has 0 spiro atoms. The van der Waals surface area contributed by atoms with Gasteiger partial charge in [0.05, 0.1) is 14.2 Å². The summed E-state index contributed by atoms with van der Waals surface area (Å²) >= 11 is 0. The largest absolute Gasteiger partial charge is 0.481 e. The van der Waals surface area contributed by atoms with E-state index in [1.807, 2.05) is 0 Å². The number of carbonyl (C=O) groups excluding carboxylic acids is 1. The quantitative estimate of drug-likeness (QED) is 0.725. The van der Waals surface area contributed by atoms with Crippen LogP contribution in [-0.2, 0) is 11.2 Å². The summed E-state index contributed by atoms with van der Waals surface area (Å²) in [6.45, 7) is 1.54. The van der Waals surface area contributed by atoms with E-state index in [2.05, 4.69) is 4.98 Å². The van der Waals surface area contributed by atoms with Crippen LogP contribution in [-0.4, -0.2) is 25.0 Å². The maximum Gasteiger partial charge on any atom is 0.216 e. The minimum absolute atomic E-state index is 0.0975. The summed E-state index contributed by atoms with van der Waals surface area (Å²) in [5.41, 5.74) is 0.848. The number of pyridine rings is 1. The van der Waals surface area contributed by atoms with Gasteiger partial charge >= 0.3 is 0 Å². The smallest absolute Gasteiger partial charge is 0.216 e. The molecule has 0 saturated carbocycles. The predicted molar refractivity (Wildman–Crippen MR) is 51.7 cm³/mol. The van der Waals surface area contributed by atoms with Crippen LogP contribution in [0.2, 0.25) is 0 Å². The van der Waals surface area contributed by atoms with E-state index >= 15 is 0 Å². The molecule has 0 aromatic carbocycles. The Kier molecular flexibility index (Phi) is 3.45. The lowest BCUT2D eigenvalue weighted by Gasteiger charge is -2.05. The number of aromatic nitrogens is 1. The van der Waals surface area contributed by atoms with Gasteiger partial charge < -0.3 is 9.47 Å². The minimum Gasteiger partial charge on any atom is -0.481 e. The number of nitrogens with zero attached hydrogens (tertiary/aromatic N) is 1. The molecule has 4 nitrogen and oxygen atoms in total. The Labute approximate surface area is 82.9 Å². The molecule has 1 aromatic rings. The Morgan fingerprint density at radius 2 is 1.79 bits per heavy atom. The molecule has 0 radical (unpaired) electrons. The van der Waals surface area contributed by atoms with E-state index in [9.17, 15) is 4.79 Å². The van der Waals surface area contributed by atoms with Crippen LogP contribution in [0.1, 0.15) is 12.5 Å². The molecule has 0 N–H and O–H groups in total. The zero-order valence-electron chi connectivity index (χ0n) is 8.53. The summed E-state index contributed by atoms with van der Waals surface area (Å²) in [5, 5.41) is 0. The highest BCUT2D eigenvalue weighted by molar-refractivity contribution is 5.78. The fraction of sp³-hybridized carbons (Fsp3) is 0.400. The van der Waals surface area contributed by atoms with E-state index in [-0.39, 0.29) is 5.78 Å². The molecule has 0 amide bonds. The third-order valence-electron chi connectivity index (χ3n) is 1.71. The number of methoxy groups -OCH3 is 2. The number of Topliss-reactive ketones (excluding diaryl/α,β-unsaturated/α-hetero) is 1. The van der Waals surface area contributed by atoms with Crippen molar-refractivity contribution in [3.8, 4) is 11.8 Å². The van der Waals surface area contributed by atoms with Gasteiger partial charge in [-0.05, 0) is 12.5 Å². The molecule has 0 saturated heterocycles. The van der Waals surface area contributed by atoms with Crippen LogP contribution >= 0.6 is 0 Å².